The molecule has 1 rings (SSSR count). The molecule has 0 amide bonds. The molecule has 0 aliphatic rings. The first-order valence-corrected chi connectivity index (χ1v) is 7.69. The third kappa shape index (κ3) is 3.69. The summed E-state index contributed by atoms with van der Waals surface area (Å²) in [6.07, 6.45) is 0.425. The van der Waals surface area contributed by atoms with E-state index in [1.54, 1.807) is 0 Å². The van der Waals surface area contributed by atoms with Crippen molar-refractivity contribution < 1.29 is 33.8 Å². The maximum absolute atomic E-state index is 11.0. The van der Waals surface area contributed by atoms with Crippen LogP contribution in [0.15, 0.2) is 24.5 Å². The average molecular weight is 283 g/mol. The highest BCUT2D eigenvalue weighted by Gasteiger charge is 2.49. The number of aromatic nitrogens is 1. The quantitative estimate of drug-likeness (QED) is 0.477. The van der Waals surface area contributed by atoms with Crippen LogP contribution in [0.5, 0.6) is 0 Å². The predicted octanol–water partition coefficient (Wildman–Crippen LogP) is -0.204. The van der Waals surface area contributed by atoms with Gasteiger partial charge in [-0.15, -0.1) is 0 Å². The molecular weight excluding hydrogens is 272 g/mol. The number of hydrogen-bond donors (Lipinski definition) is 5. The van der Waals surface area contributed by atoms with Gasteiger partial charge in [0.25, 0.3) is 0 Å². The standard InChI is InChI=1S/C7H11NO7P2/c9-6(5-2-1-3-8-4-5)7(16(10,11)12)17(13,14)15/h1-4,6-7,9H,(H2,10,11,12)(H2,13,14,15). The SMILES string of the molecule is O=P(O)(O)C(C(O)c1cccnc1)P(=O)(O)O. The molecule has 17 heavy (non-hydrogen) atoms. The maximum Gasteiger partial charge on any atom is 0.343 e. The van der Waals surface area contributed by atoms with Crippen LogP contribution in [0.1, 0.15) is 11.7 Å². The molecule has 0 aliphatic carbocycles. The van der Waals surface area contributed by atoms with Gasteiger partial charge in [-0.25, -0.2) is 0 Å². The van der Waals surface area contributed by atoms with Crippen molar-refractivity contribution in [2.45, 2.75) is 11.5 Å². The molecule has 1 unspecified atom stereocenters. The Bertz CT molecular complexity index is 444. The van der Waals surface area contributed by atoms with Crippen molar-refractivity contribution in [3.63, 3.8) is 0 Å². The van der Waals surface area contributed by atoms with Gasteiger partial charge in [-0.2, -0.15) is 0 Å². The zero-order valence-electron chi connectivity index (χ0n) is 8.36. The Morgan fingerprint density at radius 1 is 1.12 bits per heavy atom. The van der Waals surface area contributed by atoms with Crippen LogP contribution in [0.3, 0.4) is 0 Å². The van der Waals surface area contributed by atoms with E-state index in [2.05, 4.69) is 4.98 Å². The fraction of sp³-hybridized carbons (Fsp3) is 0.286. The van der Waals surface area contributed by atoms with E-state index in [1.165, 1.54) is 18.3 Å². The van der Waals surface area contributed by atoms with E-state index in [4.69, 9.17) is 19.6 Å². The van der Waals surface area contributed by atoms with Gasteiger partial charge >= 0.3 is 15.2 Å². The number of rotatable bonds is 4. The van der Waals surface area contributed by atoms with Crippen LogP contribution in [0.2, 0.25) is 0 Å². The summed E-state index contributed by atoms with van der Waals surface area (Å²) in [5.41, 5.74) is -0.0795. The molecule has 10 heteroatoms. The molecular formula is C7H11NO7P2. The summed E-state index contributed by atoms with van der Waals surface area (Å²) in [6.45, 7) is 0. The number of aliphatic hydroxyl groups excluding tert-OH is 1. The summed E-state index contributed by atoms with van der Waals surface area (Å²) in [4.78, 5) is 39.1. The van der Waals surface area contributed by atoms with E-state index in [1.807, 2.05) is 0 Å². The van der Waals surface area contributed by atoms with Crippen molar-refractivity contribution in [2.75, 3.05) is 0 Å². The molecule has 0 saturated carbocycles. The molecule has 1 heterocycles. The highest BCUT2D eigenvalue weighted by Crippen LogP contribution is 2.64. The second kappa shape index (κ2) is 4.96. The zero-order chi connectivity index (χ0) is 13.3. The van der Waals surface area contributed by atoms with E-state index >= 15 is 0 Å². The zero-order valence-corrected chi connectivity index (χ0v) is 10.1. The molecule has 0 saturated heterocycles. The molecule has 0 fully saturated rings. The van der Waals surface area contributed by atoms with Gasteiger partial charge in [0.05, 0.1) is 0 Å². The van der Waals surface area contributed by atoms with Gasteiger partial charge in [0, 0.05) is 18.0 Å². The van der Waals surface area contributed by atoms with Gasteiger partial charge in [0.2, 0.25) is 0 Å². The number of aliphatic hydroxyl groups is 1. The lowest BCUT2D eigenvalue weighted by Gasteiger charge is -2.24. The molecule has 8 nitrogen and oxygen atoms in total. The van der Waals surface area contributed by atoms with Gasteiger partial charge in [-0.1, -0.05) is 6.07 Å². The van der Waals surface area contributed by atoms with Crippen LogP contribution < -0.4 is 0 Å². The smallest absolute Gasteiger partial charge is 0.343 e. The van der Waals surface area contributed by atoms with E-state index in [0.717, 1.165) is 6.20 Å². The van der Waals surface area contributed by atoms with Gasteiger partial charge < -0.3 is 24.7 Å². The van der Waals surface area contributed by atoms with Crippen LogP contribution >= 0.6 is 15.2 Å². The van der Waals surface area contributed by atoms with Gasteiger partial charge in [0.15, 0.2) is 5.40 Å². The fourth-order valence-electron chi connectivity index (χ4n) is 1.29. The Morgan fingerprint density at radius 2 is 1.65 bits per heavy atom. The Kier molecular flexibility index (Phi) is 4.22. The van der Waals surface area contributed by atoms with Crippen molar-refractivity contribution in [1.82, 2.24) is 4.98 Å². The van der Waals surface area contributed by atoms with Crippen molar-refractivity contribution in [2.24, 2.45) is 0 Å². The summed E-state index contributed by atoms with van der Waals surface area (Å²) in [7, 11) is -10.3. The highest BCUT2D eigenvalue weighted by atomic mass is 31.2. The molecule has 1 atom stereocenters. The first-order valence-electron chi connectivity index (χ1n) is 4.32. The first kappa shape index (κ1) is 14.5. The summed E-state index contributed by atoms with van der Waals surface area (Å²) in [6, 6.07) is 2.63. The Hall–Kier alpha value is -0.590. The van der Waals surface area contributed by atoms with Crippen LogP contribution in [0.4, 0.5) is 0 Å². The second-order valence-electron chi connectivity index (χ2n) is 3.32. The van der Waals surface area contributed by atoms with Crippen LogP contribution in [0, 0.1) is 0 Å². The number of hydrogen-bond acceptors (Lipinski definition) is 4. The normalized spacial score (nSPS) is 14.9. The molecule has 0 spiro atoms. The summed E-state index contributed by atoms with van der Waals surface area (Å²) < 4.78 is 22.0. The first-order chi connectivity index (χ1) is 7.64. The van der Waals surface area contributed by atoms with Crippen molar-refractivity contribution in [1.29, 1.82) is 0 Å². The monoisotopic (exact) mass is 283 g/mol. The molecule has 0 aromatic carbocycles. The molecule has 0 aliphatic heterocycles. The third-order valence-electron chi connectivity index (χ3n) is 2.00. The van der Waals surface area contributed by atoms with E-state index < -0.39 is 26.7 Å². The Labute approximate surface area is 96.3 Å². The molecule has 0 bridgehead atoms. The number of pyridine rings is 1. The van der Waals surface area contributed by atoms with Gasteiger partial charge in [-0.05, 0) is 6.07 Å². The van der Waals surface area contributed by atoms with Crippen molar-refractivity contribution in [3.8, 4) is 0 Å². The third-order valence-corrected chi connectivity index (χ3v) is 5.75. The average Bonchev–Trinajstić information content (AvgIpc) is 2.14. The molecule has 1 aromatic heterocycles. The minimum atomic E-state index is -5.16. The fourth-order valence-corrected chi connectivity index (χ4v) is 3.93. The largest absolute Gasteiger partial charge is 0.387 e. The molecule has 5 N–H and O–H groups in total. The summed E-state index contributed by atoms with van der Waals surface area (Å²) in [5, 5.41) is 7.14. The van der Waals surface area contributed by atoms with Gasteiger partial charge in [-0.3, -0.25) is 14.1 Å². The van der Waals surface area contributed by atoms with Gasteiger partial charge in [0.1, 0.15) is 6.10 Å². The highest BCUT2D eigenvalue weighted by molar-refractivity contribution is 7.70. The van der Waals surface area contributed by atoms with Crippen molar-refractivity contribution >= 4 is 15.2 Å². The van der Waals surface area contributed by atoms with Crippen LogP contribution in [0.25, 0.3) is 0 Å². The molecule has 96 valence electrons. The maximum atomic E-state index is 11.0. The molecule has 1 aromatic rings. The van der Waals surface area contributed by atoms with E-state index in [0.29, 0.717) is 0 Å². The van der Waals surface area contributed by atoms with E-state index in [-0.39, 0.29) is 5.56 Å². The summed E-state index contributed by atoms with van der Waals surface area (Å²) in [5.74, 6) is 0. The lowest BCUT2D eigenvalue weighted by Crippen LogP contribution is -2.19. The van der Waals surface area contributed by atoms with Crippen LogP contribution in [-0.2, 0) is 9.13 Å². The lowest BCUT2D eigenvalue weighted by molar-refractivity contribution is 0.169. The van der Waals surface area contributed by atoms with E-state index in [9.17, 15) is 14.2 Å². The number of nitrogens with zero attached hydrogens (tertiary/aromatic N) is 1. The minimum absolute atomic E-state index is 0.0795. The summed E-state index contributed by atoms with van der Waals surface area (Å²) >= 11 is 0. The minimum Gasteiger partial charge on any atom is -0.387 e. The predicted molar refractivity (Wildman–Crippen MR) is 57.1 cm³/mol. The molecule has 0 radical (unpaired) electrons. The topological polar surface area (TPSA) is 148 Å². The Balaban J connectivity index is 3.18. The lowest BCUT2D eigenvalue weighted by atomic mass is 10.2. The second-order valence-corrected chi connectivity index (χ2v) is 7.20. The van der Waals surface area contributed by atoms with Crippen molar-refractivity contribution in [3.05, 3.63) is 30.1 Å². The Morgan fingerprint density at radius 3 is 2.00 bits per heavy atom. The van der Waals surface area contributed by atoms with Crippen LogP contribution in [-0.4, -0.2) is 35.1 Å².